The van der Waals surface area contributed by atoms with Crippen LogP contribution in [0.4, 0.5) is 27.3 Å². The Labute approximate surface area is 168 Å². The molecule has 3 rings (SSSR count). The third-order valence-corrected chi connectivity index (χ3v) is 5.47. The number of hydrogen-bond acceptors (Lipinski definition) is 7. The van der Waals surface area contributed by atoms with Crippen molar-refractivity contribution in [2.24, 2.45) is 0 Å². The molecule has 144 valence electrons. The summed E-state index contributed by atoms with van der Waals surface area (Å²) in [6, 6.07) is 3.66. The van der Waals surface area contributed by atoms with E-state index in [-0.39, 0.29) is 27.2 Å². The standard InChI is InChI=1S/C16H17BrClFN6O2/c1-9-7-24(6-5-23(9)2)11-4-3-10(17)12(19)13(11)22-16-14(25(26)27)15(18)20-8-21-16/h3-4,8-9H,5-7H2,1-2H3,(H,20,21,22). The van der Waals surface area contributed by atoms with E-state index in [0.29, 0.717) is 18.8 Å². The van der Waals surface area contributed by atoms with Gasteiger partial charge in [-0.3, -0.25) is 10.1 Å². The molecule has 0 bridgehead atoms. The average molecular weight is 460 g/mol. The molecule has 1 aliphatic rings. The number of nitrogens with zero attached hydrogens (tertiary/aromatic N) is 5. The zero-order valence-electron chi connectivity index (χ0n) is 14.6. The van der Waals surface area contributed by atoms with Gasteiger partial charge in [-0.05, 0) is 42.0 Å². The van der Waals surface area contributed by atoms with Crippen LogP contribution in [-0.4, -0.2) is 52.5 Å². The molecule has 0 aliphatic carbocycles. The van der Waals surface area contributed by atoms with Gasteiger partial charge in [0.25, 0.3) is 0 Å². The van der Waals surface area contributed by atoms with E-state index in [1.807, 2.05) is 11.9 Å². The maximum atomic E-state index is 14.9. The number of aromatic nitrogens is 2. The highest BCUT2D eigenvalue weighted by atomic mass is 79.9. The summed E-state index contributed by atoms with van der Waals surface area (Å²) in [6.07, 6.45) is 1.09. The number of halogens is 3. The second-order valence-electron chi connectivity index (χ2n) is 6.27. The van der Waals surface area contributed by atoms with Gasteiger partial charge in [0.05, 0.1) is 15.1 Å². The molecule has 0 radical (unpaired) electrons. The minimum absolute atomic E-state index is 0.0963. The number of rotatable bonds is 4. The first-order valence-corrected chi connectivity index (χ1v) is 9.31. The molecule has 2 aromatic rings. The average Bonchev–Trinajstić information content (AvgIpc) is 2.61. The topological polar surface area (TPSA) is 87.4 Å². The van der Waals surface area contributed by atoms with Gasteiger partial charge in [0.15, 0.2) is 5.82 Å². The molecule has 0 spiro atoms. The Hall–Kier alpha value is -2.04. The van der Waals surface area contributed by atoms with Gasteiger partial charge >= 0.3 is 5.69 Å². The van der Waals surface area contributed by atoms with E-state index in [9.17, 15) is 14.5 Å². The smallest absolute Gasteiger partial charge is 0.348 e. The van der Waals surface area contributed by atoms with E-state index in [4.69, 9.17) is 11.6 Å². The van der Waals surface area contributed by atoms with Crippen molar-refractivity contribution in [3.8, 4) is 0 Å². The Morgan fingerprint density at radius 1 is 1.41 bits per heavy atom. The highest BCUT2D eigenvalue weighted by Gasteiger charge is 2.27. The minimum Gasteiger partial charge on any atom is -0.367 e. The van der Waals surface area contributed by atoms with Crippen LogP contribution in [0.2, 0.25) is 5.15 Å². The summed E-state index contributed by atoms with van der Waals surface area (Å²) < 4.78 is 15.2. The molecule has 11 heteroatoms. The number of likely N-dealkylation sites (N-methyl/N-ethyl adjacent to an activating group) is 1. The Kier molecular flexibility index (Phi) is 5.78. The van der Waals surface area contributed by atoms with E-state index in [2.05, 4.69) is 43.0 Å². The predicted octanol–water partition coefficient (Wildman–Crippen LogP) is 3.82. The maximum Gasteiger partial charge on any atom is 0.348 e. The van der Waals surface area contributed by atoms with Crippen molar-refractivity contribution in [1.29, 1.82) is 0 Å². The van der Waals surface area contributed by atoms with Crippen LogP contribution >= 0.6 is 27.5 Å². The zero-order chi connectivity index (χ0) is 19.7. The van der Waals surface area contributed by atoms with Crippen molar-refractivity contribution >= 4 is 50.4 Å². The Morgan fingerprint density at radius 3 is 2.81 bits per heavy atom. The van der Waals surface area contributed by atoms with Crippen LogP contribution < -0.4 is 10.2 Å². The maximum absolute atomic E-state index is 14.9. The van der Waals surface area contributed by atoms with Crippen LogP contribution in [0, 0.1) is 15.9 Å². The van der Waals surface area contributed by atoms with Crippen molar-refractivity contribution in [2.75, 3.05) is 36.9 Å². The molecule has 8 nitrogen and oxygen atoms in total. The van der Waals surface area contributed by atoms with Gasteiger partial charge < -0.3 is 15.1 Å². The first-order valence-electron chi connectivity index (χ1n) is 8.14. The Balaban J connectivity index is 2.05. The van der Waals surface area contributed by atoms with Gasteiger partial charge in [0.2, 0.25) is 11.0 Å². The largest absolute Gasteiger partial charge is 0.367 e. The summed E-state index contributed by atoms with van der Waals surface area (Å²) in [5.74, 6) is -0.733. The first-order chi connectivity index (χ1) is 12.8. The van der Waals surface area contributed by atoms with Gasteiger partial charge in [0.1, 0.15) is 12.0 Å². The summed E-state index contributed by atoms with van der Waals surface area (Å²) >= 11 is 9.00. The van der Waals surface area contributed by atoms with Crippen LogP contribution in [0.25, 0.3) is 0 Å². The molecule has 1 N–H and O–H groups in total. The van der Waals surface area contributed by atoms with Gasteiger partial charge in [-0.25, -0.2) is 14.4 Å². The van der Waals surface area contributed by atoms with Crippen molar-refractivity contribution < 1.29 is 9.31 Å². The lowest BCUT2D eigenvalue weighted by molar-refractivity contribution is -0.384. The fourth-order valence-corrected chi connectivity index (χ4v) is 3.45. The van der Waals surface area contributed by atoms with Crippen LogP contribution in [0.1, 0.15) is 6.92 Å². The second-order valence-corrected chi connectivity index (χ2v) is 7.49. The molecular weight excluding hydrogens is 443 g/mol. The fraction of sp³-hybridized carbons (Fsp3) is 0.375. The molecule has 1 aliphatic heterocycles. The zero-order valence-corrected chi connectivity index (χ0v) is 17.0. The van der Waals surface area contributed by atoms with Crippen LogP contribution in [0.5, 0.6) is 0 Å². The number of anilines is 3. The molecule has 1 saturated heterocycles. The fourth-order valence-electron chi connectivity index (χ4n) is 2.92. The third-order valence-electron chi connectivity index (χ3n) is 4.58. The highest BCUT2D eigenvalue weighted by molar-refractivity contribution is 9.10. The van der Waals surface area contributed by atoms with E-state index >= 15 is 0 Å². The molecule has 1 aromatic heterocycles. The minimum atomic E-state index is -0.696. The molecule has 2 heterocycles. The monoisotopic (exact) mass is 458 g/mol. The first kappa shape index (κ1) is 19.7. The van der Waals surface area contributed by atoms with Gasteiger partial charge in [-0.2, -0.15) is 0 Å². The molecule has 1 aromatic carbocycles. The lowest BCUT2D eigenvalue weighted by Gasteiger charge is -2.39. The molecule has 1 fully saturated rings. The molecule has 0 saturated carbocycles. The van der Waals surface area contributed by atoms with Crippen LogP contribution in [-0.2, 0) is 0 Å². The van der Waals surface area contributed by atoms with E-state index in [0.717, 1.165) is 12.9 Å². The summed E-state index contributed by atoms with van der Waals surface area (Å²) in [7, 11) is 2.04. The van der Waals surface area contributed by atoms with Crippen LogP contribution in [0.3, 0.4) is 0 Å². The van der Waals surface area contributed by atoms with Crippen molar-refractivity contribution in [2.45, 2.75) is 13.0 Å². The predicted molar refractivity (Wildman–Crippen MR) is 105 cm³/mol. The molecule has 1 atom stereocenters. The summed E-state index contributed by atoms with van der Waals surface area (Å²) in [4.78, 5) is 22.4. The molecular formula is C16H17BrClFN6O2. The Morgan fingerprint density at radius 2 is 2.15 bits per heavy atom. The normalized spacial score (nSPS) is 17.8. The van der Waals surface area contributed by atoms with Gasteiger partial charge in [0, 0.05) is 25.7 Å². The number of benzene rings is 1. The van der Waals surface area contributed by atoms with Crippen LogP contribution in [0.15, 0.2) is 22.9 Å². The van der Waals surface area contributed by atoms with E-state index in [1.165, 1.54) is 0 Å². The number of nitro groups is 1. The second kappa shape index (κ2) is 7.91. The summed E-state index contributed by atoms with van der Waals surface area (Å²) in [6.45, 7) is 4.30. The number of piperazine rings is 1. The quantitative estimate of drug-likeness (QED) is 0.422. The number of hydrogen-bond donors (Lipinski definition) is 1. The Bertz CT molecular complexity index is 886. The van der Waals surface area contributed by atoms with Crippen molar-refractivity contribution in [3.05, 3.63) is 44.0 Å². The lowest BCUT2D eigenvalue weighted by Crippen LogP contribution is -2.50. The SMILES string of the molecule is CC1CN(c2ccc(Br)c(F)c2Nc2ncnc(Cl)c2[N+](=O)[O-])CCN1C. The summed E-state index contributed by atoms with van der Waals surface area (Å²) in [5.41, 5.74) is 0.190. The molecule has 0 amide bonds. The molecule has 27 heavy (non-hydrogen) atoms. The molecule has 1 unspecified atom stereocenters. The van der Waals surface area contributed by atoms with E-state index < -0.39 is 16.4 Å². The van der Waals surface area contributed by atoms with Gasteiger partial charge in [-0.1, -0.05) is 11.6 Å². The van der Waals surface area contributed by atoms with Crippen molar-refractivity contribution in [3.63, 3.8) is 0 Å². The lowest BCUT2D eigenvalue weighted by atomic mass is 10.1. The summed E-state index contributed by atoms with van der Waals surface area (Å²) in [5, 5.41) is 13.8. The van der Waals surface area contributed by atoms with E-state index in [1.54, 1.807) is 12.1 Å². The van der Waals surface area contributed by atoms with Crippen molar-refractivity contribution in [1.82, 2.24) is 14.9 Å². The van der Waals surface area contributed by atoms with Gasteiger partial charge in [-0.15, -0.1) is 0 Å². The highest BCUT2D eigenvalue weighted by Crippen LogP contribution is 2.38. The third kappa shape index (κ3) is 3.97. The number of nitrogens with one attached hydrogen (secondary N) is 1.